The number of aliphatic hydroxyl groups is 1. The monoisotopic (exact) mass is 195 g/mol. The predicted molar refractivity (Wildman–Crippen MR) is 57.4 cm³/mol. The molecule has 0 saturated heterocycles. The molecule has 14 heavy (non-hydrogen) atoms. The van der Waals surface area contributed by atoms with E-state index in [2.05, 4.69) is 0 Å². The van der Waals surface area contributed by atoms with Gasteiger partial charge in [0, 0.05) is 11.3 Å². The Hall–Kier alpha value is -1.22. The van der Waals surface area contributed by atoms with Crippen molar-refractivity contribution in [2.24, 2.45) is 0 Å². The van der Waals surface area contributed by atoms with E-state index in [1.165, 1.54) is 0 Å². The first kappa shape index (κ1) is 10.9. The smallest absolute Gasteiger partial charge is 0.124 e. The van der Waals surface area contributed by atoms with E-state index in [9.17, 15) is 5.11 Å². The average Bonchev–Trinajstić information content (AvgIpc) is 2.20. The highest BCUT2D eigenvalue weighted by Crippen LogP contribution is 2.22. The summed E-state index contributed by atoms with van der Waals surface area (Å²) in [5.41, 5.74) is 7.36. The molecule has 0 spiro atoms. The Bertz CT molecular complexity index is 299. The van der Waals surface area contributed by atoms with E-state index in [1.807, 2.05) is 32.0 Å². The van der Waals surface area contributed by atoms with Gasteiger partial charge in [-0.25, -0.2) is 0 Å². The fourth-order valence-electron chi connectivity index (χ4n) is 1.09. The number of ether oxygens (including phenoxy) is 1. The molecule has 0 aromatic heterocycles. The molecule has 1 rings (SSSR count). The Morgan fingerprint density at radius 2 is 2.21 bits per heavy atom. The zero-order chi connectivity index (χ0) is 10.6. The number of benzene rings is 1. The van der Waals surface area contributed by atoms with Gasteiger partial charge in [-0.2, -0.15) is 0 Å². The zero-order valence-corrected chi connectivity index (χ0v) is 8.66. The first-order valence-corrected chi connectivity index (χ1v) is 4.81. The number of anilines is 1. The third-order valence-corrected chi connectivity index (χ3v) is 2.23. The van der Waals surface area contributed by atoms with Gasteiger partial charge in [-0.1, -0.05) is 13.0 Å². The Balaban J connectivity index is 2.63. The summed E-state index contributed by atoms with van der Waals surface area (Å²) in [6.45, 7) is 4.14. The summed E-state index contributed by atoms with van der Waals surface area (Å²) in [7, 11) is 0. The van der Waals surface area contributed by atoms with Crippen molar-refractivity contribution in [3.8, 4) is 5.75 Å². The van der Waals surface area contributed by atoms with E-state index in [0.29, 0.717) is 18.7 Å². The van der Waals surface area contributed by atoms with E-state index < -0.39 is 6.10 Å². The lowest BCUT2D eigenvalue weighted by Crippen LogP contribution is -2.16. The molecule has 1 unspecified atom stereocenters. The van der Waals surface area contributed by atoms with Crippen molar-refractivity contribution in [1.29, 1.82) is 0 Å². The minimum Gasteiger partial charge on any atom is -0.491 e. The molecular weight excluding hydrogens is 178 g/mol. The second-order valence-corrected chi connectivity index (χ2v) is 3.34. The second-order valence-electron chi connectivity index (χ2n) is 3.34. The SMILES string of the molecule is CCC(O)COc1cccc(N)c1C. The Morgan fingerprint density at radius 1 is 1.50 bits per heavy atom. The maximum absolute atomic E-state index is 9.32. The first-order chi connectivity index (χ1) is 6.65. The molecule has 0 aliphatic rings. The molecule has 3 N–H and O–H groups in total. The fourth-order valence-corrected chi connectivity index (χ4v) is 1.09. The van der Waals surface area contributed by atoms with Crippen LogP contribution in [0.4, 0.5) is 5.69 Å². The van der Waals surface area contributed by atoms with Crippen LogP contribution in [-0.2, 0) is 0 Å². The van der Waals surface area contributed by atoms with Crippen LogP contribution < -0.4 is 10.5 Å². The predicted octanol–water partition coefficient (Wildman–Crippen LogP) is 1.73. The van der Waals surface area contributed by atoms with Crippen LogP contribution in [0.15, 0.2) is 18.2 Å². The standard InChI is InChI=1S/C11H17NO2/c1-3-9(13)7-14-11-6-4-5-10(12)8(11)2/h4-6,9,13H,3,7,12H2,1-2H3. The zero-order valence-electron chi connectivity index (χ0n) is 8.66. The maximum Gasteiger partial charge on any atom is 0.124 e. The number of hydrogen-bond acceptors (Lipinski definition) is 3. The van der Waals surface area contributed by atoms with Crippen LogP contribution in [-0.4, -0.2) is 17.8 Å². The summed E-state index contributed by atoms with van der Waals surface area (Å²) >= 11 is 0. The van der Waals surface area contributed by atoms with Crippen molar-refractivity contribution in [2.75, 3.05) is 12.3 Å². The van der Waals surface area contributed by atoms with Crippen LogP contribution in [0.25, 0.3) is 0 Å². The highest BCUT2D eigenvalue weighted by molar-refractivity contribution is 5.53. The third kappa shape index (κ3) is 2.64. The van der Waals surface area contributed by atoms with Crippen molar-refractivity contribution in [2.45, 2.75) is 26.4 Å². The Kier molecular flexibility index (Phi) is 3.77. The van der Waals surface area contributed by atoms with Gasteiger partial charge in [0.05, 0.1) is 6.10 Å². The van der Waals surface area contributed by atoms with Crippen LogP contribution in [0.2, 0.25) is 0 Å². The van der Waals surface area contributed by atoms with Gasteiger partial charge in [-0.3, -0.25) is 0 Å². The largest absolute Gasteiger partial charge is 0.491 e. The lowest BCUT2D eigenvalue weighted by molar-refractivity contribution is 0.104. The minimum absolute atomic E-state index is 0.320. The summed E-state index contributed by atoms with van der Waals surface area (Å²) in [6.07, 6.45) is 0.289. The summed E-state index contributed by atoms with van der Waals surface area (Å²) in [4.78, 5) is 0. The number of aliphatic hydroxyl groups excluding tert-OH is 1. The van der Waals surface area contributed by atoms with Gasteiger partial charge in [0.1, 0.15) is 12.4 Å². The lowest BCUT2D eigenvalue weighted by atomic mass is 10.2. The molecule has 0 bridgehead atoms. The van der Waals surface area contributed by atoms with Crippen molar-refractivity contribution in [1.82, 2.24) is 0 Å². The molecule has 0 aliphatic carbocycles. The Morgan fingerprint density at radius 3 is 2.86 bits per heavy atom. The van der Waals surface area contributed by atoms with E-state index in [1.54, 1.807) is 0 Å². The Labute approximate surface area is 84.5 Å². The topological polar surface area (TPSA) is 55.5 Å². The second kappa shape index (κ2) is 4.86. The van der Waals surface area contributed by atoms with Gasteiger partial charge in [-0.05, 0) is 25.5 Å². The molecule has 78 valence electrons. The van der Waals surface area contributed by atoms with Gasteiger partial charge in [0.2, 0.25) is 0 Å². The quantitative estimate of drug-likeness (QED) is 0.719. The molecule has 0 fully saturated rings. The molecule has 3 heteroatoms. The van der Waals surface area contributed by atoms with Gasteiger partial charge < -0.3 is 15.6 Å². The molecule has 0 saturated carbocycles. The number of rotatable bonds is 4. The van der Waals surface area contributed by atoms with Crippen LogP contribution in [0, 0.1) is 6.92 Å². The van der Waals surface area contributed by atoms with Gasteiger partial charge in [-0.15, -0.1) is 0 Å². The van der Waals surface area contributed by atoms with Crippen LogP contribution in [0.1, 0.15) is 18.9 Å². The average molecular weight is 195 g/mol. The number of hydrogen-bond donors (Lipinski definition) is 2. The molecule has 0 heterocycles. The van der Waals surface area contributed by atoms with Gasteiger partial charge >= 0.3 is 0 Å². The van der Waals surface area contributed by atoms with Crippen molar-refractivity contribution in [3.05, 3.63) is 23.8 Å². The summed E-state index contributed by atoms with van der Waals surface area (Å²) < 4.78 is 5.44. The van der Waals surface area contributed by atoms with Crippen LogP contribution in [0.3, 0.4) is 0 Å². The van der Waals surface area contributed by atoms with Gasteiger partial charge in [0.25, 0.3) is 0 Å². The summed E-state index contributed by atoms with van der Waals surface area (Å²) in [5.74, 6) is 0.748. The highest BCUT2D eigenvalue weighted by Gasteiger charge is 2.05. The molecule has 0 aliphatic heterocycles. The molecule has 1 atom stereocenters. The van der Waals surface area contributed by atoms with Crippen molar-refractivity contribution < 1.29 is 9.84 Å². The molecule has 3 nitrogen and oxygen atoms in total. The normalized spacial score (nSPS) is 12.5. The van der Waals surface area contributed by atoms with Gasteiger partial charge in [0.15, 0.2) is 0 Å². The van der Waals surface area contributed by atoms with Crippen LogP contribution >= 0.6 is 0 Å². The molecular formula is C11H17NO2. The van der Waals surface area contributed by atoms with E-state index in [-0.39, 0.29) is 0 Å². The summed E-state index contributed by atoms with van der Waals surface area (Å²) in [5, 5.41) is 9.32. The maximum atomic E-state index is 9.32. The molecule has 1 aromatic carbocycles. The van der Waals surface area contributed by atoms with Crippen molar-refractivity contribution >= 4 is 5.69 Å². The third-order valence-electron chi connectivity index (χ3n) is 2.23. The van der Waals surface area contributed by atoms with Crippen molar-refractivity contribution in [3.63, 3.8) is 0 Å². The number of nitrogen functional groups attached to an aromatic ring is 1. The molecule has 1 aromatic rings. The summed E-state index contributed by atoms with van der Waals surface area (Å²) in [6, 6.07) is 5.53. The van der Waals surface area contributed by atoms with E-state index in [0.717, 1.165) is 11.3 Å². The minimum atomic E-state index is -0.407. The highest BCUT2D eigenvalue weighted by atomic mass is 16.5. The molecule has 0 radical (unpaired) electrons. The number of nitrogens with two attached hydrogens (primary N) is 1. The van der Waals surface area contributed by atoms with E-state index in [4.69, 9.17) is 10.5 Å². The fraction of sp³-hybridized carbons (Fsp3) is 0.455. The van der Waals surface area contributed by atoms with E-state index >= 15 is 0 Å². The van der Waals surface area contributed by atoms with Crippen LogP contribution in [0.5, 0.6) is 5.75 Å². The molecule has 0 amide bonds. The first-order valence-electron chi connectivity index (χ1n) is 4.81. The lowest BCUT2D eigenvalue weighted by Gasteiger charge is -2.13.